The molecule has 1 aromatic rings. The summed E-state index contributed by atoms with van der Waals surface area (Å²) < 4.78 is 0. The van der Waals surface area contributed by atoms with E-state index < -0.39 is 0 Å². The quantitative estimate of drug-likeness (QED) is 0.898. The van der Waals surface area contributed by atoms with Gasteiger partial charge in [-0.3, -0.25) is 4.90 Å². The molecule has 0 radical (unpaired) electrons. The number of hydrogen-bond acceptors (Lipinski definition) is 4. The lowest BCUT2D eigenvalue weighted by molar-refractivity contribution is 0.0229. The molecule has 0 bridgehead atoms. The van der Waals surface area contributed by atoms with E-state index in [0.29, 0.717) is 11.6 Å². The first-order valence-electron chi connectivity index (χ1n) is 7.53. The fourth-order valence-electron chi connectivity index (χ4n) is 3.10. The highest BCUT2D eigenvalue weighted by Gasteiger charge is 2.38. The molecular formula is C15H27N3S. The normalized spacial score (nSPS) is 23.7. The highest BCUT2D eigenvalue weighted by Crippen LogP contribution is 2.29. The Bertz CT molecular complexity index is 398. The smallest absolute Gasteiger partial charge is 0.0897 e. The standard InChI is InChI=1S/C15H27N3S/c1-5-13-8-18(9-14-10-19-12(4)17-14)15(6-2,7-3)11-16-13/h10,13,16H,5-9,11H2,1-4H3. The van der Waals surface area contributed by atoms with Crippen molar-refractivity contribution < 1.29 is 0 Å². The van der Waals surface area contributed by atoms with Crippen LogP contribution < -0.4 is 5.32 Å². The molecule has 1 aliphatic rings. The van der Waals surface area contributed by atoms with Crippen LogP contribution in [0.2, 0.25) is 0 Å². The molecule has 1 aliphatic heterocycles. The zero-order chi connectivity index (χ0) is 13.9. The van der Waals surface area contributed by atoms with Gasteiger partial charge < -0.3 is 5.32 Å². The van der Waals surface area contributed by atoms with Crippen LogP contribution in [-0.2, 0) is 6.54 Å². The number of nitrogens with one attached hydrogen (secondary N) is 1. The monoisotopic (exact) mass is 281 g/mol. The van der Waals surface area contributed by atoms with Crippen LogP contribution in [0.1, 0.15) is 50.7 Å². The van der Waals surface area contributed by atoms with Gasteiger partial charge in [-0.25, -0.2) is 4.98 Å². The van der Waals surface area contributed by atoms with Gasteiger partial charge in [0.2, 0.25) is 0 Å². The molecule has 1 saturated heterocycles. The first-order valence-corrected chi connectivity index (χ1v) is 8.41. The van der Waals surface area contributed by atoms with Crippen molar-refractivity contribution in [2.75, 3.05) is 13.1 Å². The third-order valence-electron chi connectivity index (χ3n) is 4.66. The second-order valence-corrected chi connectivity index (χ2v) is 6.72. The third-order valence-corrected chi connectivity index (χ3v) is 5.48. The average molecular weight is 281 g/mol. The Morgan fingerprint density at radius 3 is 2.68 bits per heavy atom. The van der Waals surface area contributed by atoms with E-state index >= 15 is 0 Å². The number of hydrogen-bond donors (Lipinski definition) is 1. The van der Waals surface area contributed by atoms with E-state index in [4.69, 9.17) is 0 Å². The van der Waals surface area contributed by atoms with Gasteiger partial charge in [0.25, 0.3) is 0 Å². The van der Waals surface area contributed by atoms with Gasteiger partial charge in [0.05, 0.1) is 10.7 Å². The van der Waals surface area contributed by atoms with Crippen LogP contribution in [0.15, 0.2) is 5.38 Å². The van der Waals surface area contributed by atoms with Crippen molar-refractivity contribution in [1.82, 2.24) is 15.2 Å². The van der Waals surface area contributed by atoms with E-state index in [1.165, 1.54) is 30.0 Å². The summed E-state index contributed by atoms with van der Waals surface area (Å²) in [4.78, 5) is 7.32. The van der Waals surface area contributed by atoms with Gasteiger partial charge in [-0.2, -0.15) is 0 Å². The van der Waals surface area contributed by atoms with E-state index in [2.05, 4.69) is 48.3 Å². The fourth-order valence-corrected chi connectivity index (χ4v) is 3.70. The Balaban J connectivity index is 2.15. The number of aryl methyl sites for hydroxylation is 1. The molecule has 2 heterocycles. The lowest BCUT2D eigenvalue weighted by atomic mass is 9.86. The van der Waals surface area contributed by atoms with Gasteiger partial charge in [0.1, 0.15) is 0 Å². The average Bonchev–Trinajstić information content (AvgIpc) is 2.84. The van der Waals surface area contributed by atoms with E-state index in [-0.39, 0.29) is 0 Å². The highest BCUT2D eigenvalue weighted by atomic mass is 32.1. The Morgan fingerprint density at radius 1 is 1.42 bits per heavy atom. The molecular weight excluding hydrogens is 254 g/mol. The van der Waals surface area contributed by atoms with Gasteiger partial charge in [0.15, 0.2) is 0 Å². The molecule has 1 atom stereocenters. The molecule has 1 unspecified atom stereocenters. The second-order valence-electron chi connectivity index (χ2n) is 5.66. The first-order chi connectivity index (χ1) is 9.13. The summed E-state index contributed by atoms with van der Waals surface area (Å²) in [5.41, 5.74) is 1.55. The Morgan fingerprint density at radius 2 is 2.16 bits per heavy atom. The maximum Gasteiger partial charge on any atom is 0.0897 e. The molecule has 0 saturated carbocycles. The molecule has 0 spiro atoms. The van der Waals surface area contributed by atoms with Crippen LogP contribution in [0.3, 0.4) is 0 Å². The van der Waals surface area contributed by atoms with Crippen LogP contribution in [0.25, 0.3) is 0 Å². The molecule has 3 nitrogen and oxygen atoms in total. The molecule has 0 amide bonds. The van der Waals surface area contributed by atoms with Crippen LogP contribution in [-0.4, -0.2) is 34.6 Å². The van der Waals surface area contributed by atoms with Crippen LogP contribution in [0, 0.1) is 6.92 Å². The van der Waals surface area contributed by atoms with Gasteiger partial charge in [-0.15, -0.1) is 11.3 Å². The number of nitrogens with zero attached hydrogens (tertiary/aromatic N) is 2. The van der Waals surface area contributed by atoms with E-state index in [1.54, 1.807) is 11.3 Å². The van der Waals surface area contributed by atoms with Gasteiger partial charge >= 0.3 is 0 Å². The molecule has 19 heavy (non-hydrogen) atoms. The van der Waals surface area contributed by atoms with Crippen molar-refractivity contribution in [2.24, 2.45) is 0 Å². The molecule has 1 fully saturated rings. The maximum absolute atomic E-state index is 4.65. The number of rotatable bonds is 5. The molecule has 2 rings (SSSR count). The van der Waals surface area contributed by atoms with Crippen molar-refractivity contribution in [3.05, 3.63) is 16.1 Å². The summed E-state index contributed by atoms with van der Waals surface area (Å²) in [7, 11) is 0. The first kappa shape index (κ1) is 14.9. The molecule has 4 heteroatoms. The van der Waals surface area contributed by atoms with Crippen LogP contribution in [0.4, 0.5) is 0 Å². The number of piperazine rings is 1. The van der Waals surface area contributed by atoms with E-state index in [9.17, 15) is 0 Å². The summed E-state index contributed by atoms with van der Waals surface area (Å²) in [6.45, 7) is 12.3. The topological polar surface area (TPSA) is 28.2 Å². The van der Waals surface area contributed by atoms with E-state index in [0.717, 1.165) is 19.6 Å². The van der Waals surface area contributed by atoms with Crippen molar-refractivity contribution in [1.29, 1.82) is 0 Å². The lowest BCUT2D eigenvalue weighted by Crippen LogP contribution is -2.63. The predicted octanol–water partition coefficient (Wildman–Crippen LogP) is 3.19. The highest BCUT2D eigenvalue weighted by molar-refractivity contribution is 7.09. The molecule has 1 N–H and O–H groups in total. The van der Waals surface area contributed by atoms with Gasteiger partial charge in [-0.05, 0) is 26.2 Å². The summed E-state index contributed by atoms with van der Waals surface area (Å²) in [6.07, 6.45) is 3.61. The maximum atomic E-state index is 4.65. The molecule has 0 aliphatic carbocycles. The largest absolute Gasteiger partial charge is 0.311 e. The van der Waals surface area contributed by atoms with Gasteiger partial charge in [0, 0.05) is 36.6 Å². The minimum absolute atomic E-state index is 0.309. The second kappa shape index (κ2) is 6.33. The molecule has 108 valence electrons. The Kier molecular flexibility index (Phi) is 4.98. The minimum atomic E-state index is 0.309. The molecule has 0 aromatic carbocycles. The lowest BCUT2D eigenvalue weighted by Gasteiger charge is -2.49. The van der Waals surface area contributed by atoms with Crippen LogP contribution in [0.5, 0.6) is 0 Å². The third kappa shape index (κ3) is 3.18. The number of aromatic nitrogens is 1. The molecule has 1 aromatic heterocycles. The van der Waals surface area contributed by atoms with Crippen molar-refractivity contribution in [3.63, 3.8) is 0 Å². The summed E-state index contributed by atoms with van der Waals surface area (Å²) in [6, 6.07) is 0.631. The van der Waals surface area contributed by atoms with Crippen LogP contribution >= 0.6 is 11.3 Å². The van der Waals surface area contributed by atoms with Crippen molar-refractivity contribution >= 4 is 11.3 Å². The van der Waals surface area contributed by atoms with Crippen molar-refractivity contribution in [2.45, 2.75) is 65.1 Å². The zero-order valence-electron chi connectivity index (χ0n) is 12.7. The zero-order valence-corrected chi connectivity index (χ0v) is 13.5. The van der Waals surface area contributed by atoms with Gasteiger partial charge in [-0.1, -0.05) is 20.8 Å². The fraction of sp³-hybridized carbons (Fsp3) is 0.800. The Hall–Kier alpha value is -0.450. The Labute approximate surface area is 121 Å². The SMILES string of the molecule is CCC1CN(Cc2csc(C)n2)C(CC)(CC)CN1. The number of thiazole rings is 1. The minimum Gasteiger partial charge on any atom is -0.311 e. The van der Waals surface area contributed by atoms with Crippen molar-refractivity contribution in [3.8, 4) is 0 Å². The van der Waals surface area contributed by atoms with E-state index in [1.807, 2.05) is 0 Å². The summed E-state index contributed by atoms with van der Waals surface area (Å²) >= 11 is 1.76. The summed E-state index contributed by atoms with van der Waals surface area (Å²) in [5, 5.41) is 7.12. The summed E-state index contributed by atoms with van der Waals surface area (Å²) in [5.74, 6) is 0. The predicted molar refractivity (Wildman–Crippen MR) is 82.7 cm³/mol.